The van der Waals surface area contributed by atoms with E-state index >= 15 is 0 Å². The number of aryl methyl sites for hydroxylation is 1. The molecule has 30 heavy (non-hydrogen) atoms. The van der Waals surface area contributed by atoms with Crippen LogP contribution in [0.4, 0.5) is 0 Å². The topological polar surface area (TPSA) is 50.8 Å². The molecule has 5 heteroatoms. The Bertz CT molecular complexity index is 861. The zero-order valence-corrected chi connectivity index (χ0v) is 17.9. The van der Waals surface area contributed by atoms with Gasteiger partial charge >= 0.3 is 0 Å². The first-order valence-corrected chi connectivity index (χ1v) is 11.1. The highest BCUT2D eigenvalue weighted by atomic mass is 16.5. The number of hydrogen-bond donors (Lipinski definition) is 1. The Balaban J connectivity index is 1.35. The van der Waals surface area contributed by atoms with E-state index in [0.29, 0.717) is 6.54 Å². The molecule has 1 N–H and O–H groups in total. The maximum absolute atomic E-state index is 12.7. The van der Waals surface area contributed by atoms with Gasteiger partial charge in [0.1, 0.15) is 5.75 Å². The first-order valence-electron chi connectivity index (χ1n) is 11.1. The molecule has 1 heterocycles. The minimum absolute atomic E-state index is 0.0791. The second-order valence-electron chi connectivity index (χ2n) is 8.24. The lowest BCUT2D eigenvalue weighted by Crippen LogP contribution is -2.37. The molecule has 1 fully saturated rings. The van der Waals surface area contributed by atoms with Crippen molar-refractivity contribution in [3.05, 3.63) is 64.7 Å². The quantitative estimate of drug-likeness (QED) is 0.762. The second kappa shape index (κ2) is 10.1. The number of fused-ring (bicyclic) bond motifs is 1. The minimum Gasteiger partial charge on any atom is -0.481 e. The molecule has 0 unspecified atom stereocenters. The molecule has 1 atom stereocenters. The minimum atomic E-state index is -0.523. The molecule has 5 nitrogen and oxygen atoms in total. The maximum atomic E-state index is 12.7. The van der Waals surface area contributed by atoms with Crippen molar-refractivity contribution in [3.63, 3.8) is 0 Å². The standard InChI is InChI=1S/C25H32N2O3/c1-19(30-24-12-6-10-20-7-4-5-11-23(20)24)25(28)26-17-21-8-2-3-9-22(21)18-27-13-15-29-16-14-27/h2-3,6,8-10,12,19H,4-5,7,11,13-18H2,1H3,(H,26,28)/t19-/m0/s1. The van der Waals surface area contributed by atoms with E-state index in [4.69, 9.17) is 9.47 Å². The molecule has 1 aliphatic carbocycles. The zero-order valence-electron chi connectivity index (χ0n) is 17.9. The lowest BCUT2D eigenvalue weighted by atomic mass is 9.91. The summed E-state index contributed by atoms with van der Waals surface area (Å²) in [6, 6.07) is 14.5. The van der Waals surface area contributed by atoms with Gasteiger partial charge in [0.15, 0.2) is 6.10 Å². The van der Waals surface area contributed by atoms with E-state index in [1.165, 1.54) is 29.5 Å². The molecule has 160 valence electrons. The van der Waals surface area contributed by atoms with E-state index in [1.807, 2.05) is 25.1 Å². The third-order valence-corrected chi connectivity index (χ3v) is 6.10. The number of ether oxygens (including phenoxy) is 2. The lowest BCUT2D eigenvalue weighted by molar-refractivity contribution is -0.127. The van der Waals surface area contributed by atoms with Gasteiger partial charge in [-0.1, -0.05) is 36.4 Å². The third-order valence-electron chi connectivity index (χ3n) is 6.10. The Morgan fingerprint density at radius 1 is 1.07 bits per heavy atom. The van der Waals surface area contributed by atoms with Crippen molar-refractivity contribution < 1.29 is 14.3 Å². The monoisotopic (exact) mass is 408 g/mol. The summed E-state index contributed by atoms with van der Waals surface area (Å²) in [5, 5.41) is 3.07. The molecule has 4 rings (SSSR count). The summed E-state index contributed by atoms with van der Waals surface area (Å²) < 4.78 is 11.5. The van der Waals surface area contributed by atoms with E-state index in [9.17, 15) is 4.79 Å². The van der Waals surface area contributed by atoms with E-state index in [2.05, 4.69) is 34.5 Å². The van der Waals surface area contributed by atoms with Crippen molar-refractivity contribution in [2.75, 3.05) is 26.3 Å². The van der Waals surface area contributed by atoms with Gasteiger partial charge in [0.05, 0.1) is 13.2 Å². The first kappa shape index (κ1) is 20.9. The molecule has 2 aromatic rings. The van der Waals surface area contributed by atoms with E-state index in [1.54, 1.807) is 0 Å². The van der Waals surface area contributed by atoms with Crippen molar-refractivity contribution in [1.82, 2.24) is 10.2 Å². The molecule has 0 aromatic heterocycles. The number of carbonyl (C=O) groups excluding carboxylic acids is 1. The van der Waals surface area contributed by atoms with Crippen LogP contribution < -0.4 is 10.1 Å². The molecule has 1 aliphatic heterocycles. The Labute approximate surface area is 179 Å². The van der Waals surface area contributed by atoms with Crippen molar-refractivity contribution in [2.24, 2.45) is 0 Å². The van der Waals surface area contributed by atoms with Gasteiger partial charge in [-0.25, -0.2) is 0 Å². The molecule has 1 saturated heterocycles. The Hall–Kier alpha value is -2.37. The van der Waals surface area contributed by atoms with E-state index in [0.717, 1.165) is 57.0 Å². The van der Waals surface area contributed by atoms with Crippen LogP contribution >= 0.6 is 0 Å². The van der Waals surface area contributed by atoms with Gasteiger partial charge < -0.3 is 14.8 Å². The summed E-state index contributed by atoms with van der Waals surface area (Å²) >= 11 is 0. The number of morpholine rings is 1. The molecule has 2 aliphatic rings. The number of benzene rings is 2. The SMILES string of the molecule is C[C@H](Oc1cccc2c1CCCC2)C(=O)NCc1ccccc1CN1CCOCC1. The number of amides is 1. The zero-order chi connectivity index (χ0) is 20.8. The van der Waals surface area contributed by atoms with Crippen LogP contribution in [0.3, 0.4) is 0 Å². The molecule has 0 radical (unpaired) electrons. The number of hydrogen-bond acceptors (Lipinski definition) is 4. The summed E-state index contributed by atoms with van der Waals surface area (Å²) in [5.41, 5.74) is 5.05. The number of nitrogens with one attached hydrogen (secondary N) is 1. The molecule has 1 amide bonds. The van der Waals surface area contributed by atoms with Gasteiger partial charge in [-0.2, -0.15) is 0 Å². The maximum Gasteiger partial charge on any atom is 0.261 e. The van der Waals surface area contributed by atoms with Crippen LogP contribution in [-0.2, 0) is 35.5 Å². The van der Waals surface area contributed by atoms with Gasteiger partial charge in [0.2, 0.25) is 0 Å². The number of carbonyl (C=O) groups is 1. The van der Waals surface area contributed by atoms with Crippen LogP contribution in [-0.4, -0.2) is 43.2 Å². The van der Waals surface area contributed by atoms with Crippen LogP contribution in [0.2, 0.25) is 0 Å². The summed E-state index contributed by atoms with van der Waals surface area (Å²) in [7, 11) is 0. The summed E-state index contributed by atoms with van der Waals surface area (Å²) in [6.45, 7) is 6.71. The van der Waals surface area contributed by atoms with Crippen molar-refractivity contribution >= 4 is 5.91 Å². The summed E-state index contributed by atoms with van der Waals surface area (Å²) in [6.07, 6.45) is 4.04. The second-order valence-corrected chi connectivity index (χ2v) is 8.24. The van der Waals surface area contributed by atoms with Gasteiger partial charge in [0, 0.05) is 26.2 Å². The largest absolute Gasteiger partial charge is 0.481 e. The predicted molar refractivity (Wildman–Crippen MR) is 118 cm³/mol. The van der Waals surface area contributed by atoms with Crippen LogP contribution in [0.25, 0.3) is 0 Å². The average molecular weight is 409 g/mol. The van der Waals surface area contributed by atoms with Crippen molar-refractivity contribution in [2.45, 2.75) is 51.8 Å². The Kier molecular flexibility index (Phi) is 7.03. The van der Waals surface area contributed by atoms with Gasteiger partial charge in [-0.05, 0) is 60.9 Å². The van der Waals surface area contributed by atoms with Crippen molar-refractivity contribution in [3.8, 4) is 5.75 Å². The third kappa shape index (κ3) is 5.21. The fourth-order valence-electron chi connectivity index (χ4n) is 4.31. The summed E-state index contributed by atoms with van der Waals surface area (Å²) in [4.78, 5) is 15.1. The highest BCUT2D eigenvalue weighted by Gasteiger charge is 2.20. The Morgan fingerprint density at radius 3 is 2.67 bits per heavy atom. The highest BCUT2D eigenvalue weighted by molar-refractivity contribution is 5.80. The molecule has 0 bridgehead atoms. The van der Waals surface area contributed by atoms with Crippen LogP contribution in [0.15, 0.2) is 42.5 Å². The van der Waals surface area contributed by atoms with E-state index in [-0.39, 0.29) is 5.91 Å². The van der Waals surface area contributed by atoms with Gasteiger partial charge in [0.25, 0.3) is 5.91 Å². The van der Waals surface area contributed by atoms with Gasteiger partial charge in [-0.3, -0.25) is 9.69 Å². The fourth-order valence-corrected chi connectivity index (χ4v) is 4.31. The lowest BCUT2D eigenvalue weighted by Gasteiger charge is -2.27. The smallest absolute Gasteiger partial charge is 0.261 e. The highest BCUT2D eigenvalue weighted by Crippen LogP contribution is 2.30. The van der Waals surface area contributed by atoms with Crippen molar-refractivity contribution in [1.29, 1.82) is 0 Å². The van der Waals surface area contributed by atoms with Crippen LogP contribution in [0, 0.1) is 0 Å². The van der Waals surface area contributed by atoms with E-state index < -0.39 is 6.10 Å². The molecule has 0 spiro atoms. The summed E-state index contributed by atoms with van der Waals surface area (Å²) in [5.74, 6) is 0.784. The normalized spacial score (nSPS) is 17.8. The molecular weight excluding hydrogens is 376 g/mol. The first-order chi connectivity index (χ1) is 14.7. The predicted octanol–water partition coefficient (Wildman–Crippen LogP) is 3.48. The molecular formula is C25H32N2O3. The van der Waals surface area contributed by atoms with Gasteiger partial charge in [-0.15, -0.1) is 0 Å². The Morgan fingerprint density at radius 2 is 1.83 bits per heavy atom. The number of nitrogens with zero attached hydrogens (tertiary/aromatic N) is 1. The fraction of sp³-hybridized carbons (Fsp3) is 0.480. The molecule has 2 aromatic carbocycles. The number of rotatable bonds is 7. The molecule has 0 saturated carbocycles. The average Bonchev–Trinajstić information content (AvgIpc) is 2.79. The van der Waals surface area contributed by atoms with Crippen LogP contribution in [0.5, 0.6) is 5.75 Å². The van der Waals surface area contributed by atoms with Crippen LogP contribution in [0.1, 0.15) is 42.0 Å².